The van der Waals surface area contributed by atoms with Gasteiger partial charge in [0.15, 0.2) is 11.6 Å². The van der Waals surface area contributed by atoms with Crippen molar-refractivity contribution in [2.45, 2.75) is 6.92 Å². The summed E-state index contributed by atoms with van der Waals surface area (Å²) in [4.78, 5) is 22.0. The van der Waals surface area contributed by atoms with E-state index in [1.165, 1.54) is 26.2 Å². The van der Waals surface area contributed by atoms with Crippen LogP contribution in [0.4, 0.5) is 10.1 Å². The van der Waals surface area contributed by atoms with E-state index in [-0.39, 0.29) is 11.4 Å². The number of rotatable bonds is 4. The summed E-state index contributed by atoms with van der Waals surface area (Å²) in [7, 11) is 1.30. The molecule has 0 fully saturated rings. The van der Waals surface area contributed by atoms with E-state index in [2.05, 4.69) is 5.32 Å². The van der Waals surface area contributed by atoms with E-state index in [1.807, 2.05) is 0 Å². The summed E-state index contributed by atoms with van der Waals surface area (Å²) in [6.45, 7) is 1.26. The van der Waals surface area contributed by atoms with Crippen molar-refractivity contribution >= 4 is 17.6 Å². The summed E-state index contributed by atoms with van der Waals surface area (Å²) in [6.07, 6.45) is 0. The van der Waals surface area contributed by atoms with E-state index in [4.69, 9.17) is 9.84 Å². The normalized spacial score (nSPS) is 11.7. The summed E-state index contributed by atoms with van der Waals surface area (Å²) in [5, 5.41) is 11.0. The number of hydrogen-bond acceptors (Lipinski definition) is 3. The van der Waals surface area contributed by atoms with E-state index in [0.717, 1.165) is 6.07 Å². The molecule has 0 aliphatic rings. The van der Waals surface area contributed by atoms with Gasteiger partial charge in [-0.1, -0.05) is 0 Å². The highest BCUT2D eigenvalue weighted by atomic mass is 19.1. The predicted molar refractivity (Wildman–Crippen MR) is 58.4 cm³/mol. The zero-order chi connectivity index (χ0) is 13.0. The molecule has 5 nitrogen and oxygen atoms in total. The number of methoxy groups -OCH3 is 1. The van der Waals surface area contributed by atoms with Crippen LogP contribution >= 0.6 is 0 Å². The Labute approximate surface area is 97.2 Å². The molecule has 1 unspecified atom stereocenters. The number of halogens is 1. The van der Waals surface area contributed by atoms with Gasteiger partial charge in [0.2, 0.25) is 5.91 Å². The maximum Gasteiger partial charge on any atom is 0.315 e. The second kappa shape index (κ2) is 5.29. The quantitative estimate of drug-likeness (QED) is 0.783. The third kappa shape index (κ3) is 3.17. The number of nitrogens with one attached hydrogen (secondary N) is 1. The summed E-state index contributed by atoms with van der Waals surface area (Å²) in [5.41, 5.74) is 0.279. The molecule has 0 saturated heterocycles. The third-order valence-corrected chi connectivity index (χ3v) is 2.18. The highest BCUT2D eigenvalue weighted by Crippen LogP contribution is 2.21. The van der Waals surface area contributed by atoms with Crippen LogP contribution in [0.3, 0.4) is 0 Å². The van der Waals surface area contributed by atoms with Gasteiger partial charge in [-0.2, -0.15) is 0 Å². The number of carboxylic acids is 1. The van der Waals surface area contributed by atoms with E-state index in [9.17, 15) is 14.0 Å². The number of amides is 1. The molecule has 0 heterocycles. The van der Waals surface area contributed by atoms with Crippen LogP contribution in [-0.2, 0) is 9.59 Å². The number of aliphatic carboxylic acids is 1. The van der Waals surface area contributed by atoms with E-state index < -0.39 is 23.6 Å². The predicted octanol–water partition coefficient (Wildman–Crippen LogP) is 1.49. The molecule has 0 aliphatic carbocycles. The lowest BCUT2D eigenvalue weighted by Gasteiger charge is -2.09. The van der Waals surface area contributed by atoms with Gasteiger partial charge in [0.1, 0.15) is 5.92 Å². The number of carbonyl (C=O) groups is 2. The minimum absolute atomic E-state index is 0.0224. The lowest BCUT2D eigenvalue weighted by Crippen LogP contribution is -2.26. The molecule has 6 heteroatoms. The first-order valence-corrected chi connectivity index (χ1v) is 4.83. The first-order valence-electron chi connectivity index (χ1n) is 4.83. The Balaban J connectivity index is 2.82. The Morgan fingerprint density at radius 3 is 2.65 bits per heavy atom. The molecule has 1 aromatic carbocycles. The highest BCUT2D eigenvalue weighted by Gasteiger charge is 2.20. The van der Waals surface area contributed by atoms with Crippen LogP contribution in [0.5, 0.6) is 5.75 Å². The molecule has 1 rings (SSSR count). The Hall–Kier alpha value is -2.11. The monoisotopic (exact) mass is 241 g/mol. The summed E-state index contributed by atoms with van der Waals surface area (Å²) in [5.74, 6) is -3.66. The molecule has 1 aromatic rings. The number of anilines is 1. The van der Waals surface area contributed by atoms with Gasteiger partial charge in [0, 0.05) is 11.8 Å². The lowest BCUT2D eigenvalue weighted by molar-refractivity contribution is -0.144. The molecule has 1 amide bonds. The Kier molecular flexibility index (Phi) is 4.03. The third-order valence-electron chi connectivity index (χ3n) is 2.18. The minimum atomic E-state index is -1.23. The number of carboxylic acid groups (broad SMARTS) is 1. The molecular formula is C11H12FNO4. The van der Waals surface area contributed by atoms with Crippen LogP contribution in [0.15, 0.2) is 18.2 Å². The van der Waals surface area contributed by atoms with E-state index in [1.54, 1.807) is 0 Å². The van der Waals surface area contributed by atoms with Crippen LogP contribution in [-0.4, -0.2) is 24.1 Å². The summed E-state index contributed by atoms with van der Waals surface area (Å²) >= 11 is 0. The van der Waals surface area contributed by atoms with Gasteiger partial charge in [-0.05, 0) is 19.1 Å². The topological polar surface area (TPSA) is 75.6 Å². The molecular weight excluding hydrogens is 229 g/mol. The first-order chi connectivity index (χ1) is 7.95. The summed E-state index contributed by atoms with van der Waals surface area (Å²) in [6, 6.07) is 3.73. The molecule has 92 valence electrons. The number of benzene rings is 1. The number of carbonyl (C=O) groups excluding carboxylic acids is 1. The lowest BCUT2D eigenvalue weighted by atomic mass is 10.1. The van der Waals surface area contributed by atoms with Gasteiger partial charge in [-0.3, -0.25) is 9.59 Å². The molecule has 0 radical (unpaired) electrons. The van der Waals surface area contributed by atoms with Crippen LogP contribution in [0, 0.1) is 11.7 Å². The van der Waals surface area contributed by atoms with Gasteiger partial charge >= 0.3 is 5.97 Å². The second-order valence-corrected chi connectivity index (χ2v) is 3.40. The van der Waals surface area contributed by atoms with Crippen LogP contribution in [0.25, 0.3) is 0 Å². The van der Waals surface area contributed by atoms with Crippen molar-refractivity contribution in [1.82, 2.24) is 0 Å². The molecule has 0 aliphatic heterocycles. The van der Waals surface area contributed by atoms with Gasteiger partial charge < -0.3 is 15.2 Å². The van der Waals surface area contributed by atoms with Crippen molar-refractivity contribution in [2.75, 3.05) is 12.4 Å². The highest BCUT2D eigenvalue weighted by molar-refractivity contribution is 6.03. The average Bonchev–Trinajstić information content (AvgIpc) is 2.30. The molecule has 0 bridgehead atoms. The zero-order valence-corrected chi connectivity index (χ0v) is 9.36. The van der Waals surface area contributed by atoms with Crippen LogP contribution in [0.1, 0.15) is 6.92 Å². The minimum Gasteiger partial charge on any atom is -0.494 e. The fourth-order valence-corrected chi connectivity index (χ4v) is 1.10. The Morgan fingerprint density at radius 1 is 1.47 bits per heavy atom. The fraction of sp³-hybridized carbons (Fsp3) is 0.273. The van der Waals surface area contributed by atoms with E-state index in [0.29, 0.717) is 0 Å². The van der Waals surface area contributed by atoms with Crippen LogP contribution < -0.4 is 10.1 Å². The molecule has 2 N–H and O–H groups in total. The molecule has 0 saturated carbocycles. The summed E-state index contributed by atoms with van der Waals surface area (Å²) < 4.78 is 17.8. The fourth-order valence-electron chi connectivity index (χ4n) is 1.10. The smallest absolute Gasteiger partial charge is 0.315 e. The molecule has 1 atom stereocenters. The second-order valence-electron chi connectivity index (χ2n) is 3.40. The number of ether oxygens (including phenoxy) is 1. The van der Waals surface area contributed by atoms with Gasteiger partial charge in [-0.15, -0.1) is 0 Å². The zero-order valence-electron chi connectivity index (χ0n) is 9.36. The standard InChI is InChI=1S/C11H12FNO4/c1-6(11(15)16)10(14)13-7-3-4-8(12)9(5-7)17-2/h3-6H,1-2H3,(H,13,14)(H,15,16). The largest absolute Gasteiger partial charge is 0.494 e. The Morgan fingerprint density at radius 2 is 2.12 bits per heavy atom. The van der Waals surface area contributed by atoms with Crippen molar-refractivity contribution in [2.24, 2.45) is 5.92 Å². The van der Waals surface area contributed by atoms with Crippen molar-refractivity contribution in [3.63, 3.8) is 0 Å². The van der Waals surface area contributed by atoms with Gasteiger partial charge in [0.05, 0.1) is 7.11 Å². The molecule has 0 aromatic heterocycles. The van der Waals surface area contributed by atoms with Crippen molar-refractivity contribution in [3.8, 4) is 5.75 Å². The van der Waals surface area contributed by atoms with Crippen molar-refractivity contribution in [1.29, 1.82) is 0 Å². The van der Waals surface area contributed by atoms with Crippen LogP contribution in [0.2, 0.25) is 0 Å². The van der Waals surface area contributed by atoms with Gasteiger partial charge in [-0.25, -0.2) is 4.39 Å². The molecule has 17 heavy (non-hydrogen) atoms. The average molecular weight is 241 g/mol. The maximum absolute atomic E-state index is 13.1. The van der Waals surface area contributed by atoms with Crippen molar-refractivity contribution < 1.29 is 23.8 Å². The van der Waals surface area contributed by atoms with Crippen molar-refractivity contribution in [3.05, 3.63) is 24.0 Å². The van der Waals surface area contributed by atoms with Gasteiger partial charge in [0.25, 0.3) is 0 Å². The number of hydrogen-bond donors (Lipinski definition) is 2. The van der Waals surface area contributed by atoms with E-state index >= 15 is 0 Å². The first kappa shape index (κ1) is 13.0. The molecule has 0 spiro atoms. The maximum atomic E-state index is 13.1. The SMILES string of the molecule is COc1cc(NC(=O)C(C)C(=O)O)ccc1F. The Bertz CT molecular complexity index is 447.